The lowest BCUT2D eigenvalue weighted by atomic mass is 10.0. The van der Waals surface area contributed by atoms with E-state index >= 15 is 0 Å². The van der Waals surface area contributed by atoms with E-state index in [1.54, 1.807) is 18.6 Å². The van der Waals surface area contributed by atoms with Gasteiger partial charge in [-0.15, -0.1) is 0 Å². The van der Waals surface area contributed by atoms with Crippen molar-refractivity contribution in [2.24, 2.45) is 0 Å². The molecule has 1 fully saturated rings. The van der Waals surface area contributed by atoms with Gasteiger partial charge in [-0.05, 0) is 61.2 Å². The molecule has 7 heteroatoms. The molecule has 0 saturated carbocycles. The number of amides is 1. The average molecular weight is 479 g/mol. The molecule has 1 aliphatic heterocycles. The minimum Gasteiger partial charge on any atom is -0.349 e. The molecule has 0 aliphatic carbocycles. The molecular weight excluding hydrogens is 448 g/mol. The van der Waals surface area contributed by atoms with Gasteiger partial charge in [-0.2, -0.15) is 0 Å². The second-order valence-electron chi connectivity index (χ2n) is 9.17. The molecule has 36 heavy (non-hydrogen) atoms. The van der Waals surface area contributed by atoms with Crippen LogP contribution < -0.4 is 10.6 Å². The number of hydrogen-bond donors (Lipinski definition) is 2. The third-order valence-electron chi connectivity index (χ3n) is 6.53. The van der Waals surface area contributed by atoms with E-state index in [4.69, 9.17) is 0 Å². The van der Waals surface area contributed by atoms with E-state index in [2.05, 4.69) is 54.8 Å². The zero-order valence-electron chi connectivity index (χ0n) is 20.4. The maximum absolute atomic E-state index is 13.0. The van der Waals surface area contributed by atoms with Crippen molar-refractivity contribution in [3.05, 3.63) is 102 Å². The van der Waals surface area contributed by atoms with Crippen LogP contribution in [0.1, 0.15) is 34.3 Å². The normalized spacial score (nSPS) is 14.4. The van der Waals surface area contributed by atoms with Gasteiger partial charge in [0.15, 0.2) is 0 Å². The van der Waals surface area contributed by atoms with Crippen LogP contribution in [0.2, 0.25) is 0 Å². The lowest BCUT2D eigenvalue weighted by molar-refractivity contribution is 0.0909. The standard InChI is InChI=1S/C29H30N6O/c1-21-9-10-23(18-27(21)34-29-31-15-11-26(33-29)24-8-5-14-30-19-24)28(36)32-25-12-16-35(17-13-25)20-22-6-3-2-4-7-22/h2-11,14-15,18-19,25H,12-13,16-17,20H2,1H3,(H,32,36)(H,31,33,34). The van der Waals surface area contributed by atoms with Gasteiger partial charge in [0.1, 0.15) is 0 Å². The van der Waals surface area contributed by atoms with Crippen molar-refractivity contribution in [3.8, 4) is 11.3 Å². The number of carbonyl (C=O) groups is 1. The number of piperidine rings is 1. The quantitative estimate of drug-likeness (QED) is 0.390. The first-order valence-electron chi connectivity index (χ1n) is 12.3. The Kier molecular flexibility index (Phi) is 7.28. The maximum atomic E-state index is 13.0. The Balaban J connectivity index is 1.20. The number of likely N-dealkylation sites (tertiary alicyclic amines) is 1. The molecule has 4 aromatic rings. The monoisotopic (exact) mass is 478 g/mol. The highest BCUT2D eigenvalue weighted by atomic mass is 16.1. The van der Waals surface area contributed by atoms with E-state index in [1.807, 2.05) is 49.4 Å². The summed E-state index contributed by atoms with van der Waals surface area (Å²) in [5.41, 5.74) is 5.47. The lowest BCUT2D eigenvalue weighted by Gasteiger charge is -2.32. The van der Waals surface area contributed by atoms with E-state index in [1.165, 1.54) is 5.56 Å². The first-order valence-corrected chi connectivity index (χ1v) is 12.3. The highest BCUT2D eigenvalue weighted by Gasteiger charge is 2.21. The summed E-state index contributed by atoms with van der Waals surface area (Å²) in [5.74, 6) is 0.424. The van der Waals surface area contributed by atoms with Crippen LogP contribution in [0, 0.1) is 6.92 Å². The largest absolute Gasteiger partial charge is 0.349 e. The summed E-state index contributed by atoms with van der Waals surface area (Å²) >= 11 is 0. The van der Waals surface area contributed by atoms with Gasteiger partial charge in [0.25, 0.3) is 5.91 Å². The first-order chi connectivity index (χ1) is 17.6. The predicted octanol–water partition coefficient (Wildman–Crippen LogP) is 4.99. The zero-order valence-corrected chi connectivity index (χ0v) is 20.4. The molecule has 5 rings (SSSR count). The Bertz CT molecular complexity index is 1300. The van der Waals surface area contributed by atoms with Crippen molar-refractivity contribution in [2.75, 3.05) is 18.4 Å². The van der Waals surface area contributed by atoms with E-state index in [-0.39, 0.29) is 11.9 Å². The number of rotatable bonds is 7. The summed E-state index contributed by atoms with van der Waals surface area (Å²) in [6.07, 6.45) is 7.12. The predicted molar refractivity (Wildman–Crippen MR) is 142 cm³/mol. The summed E-state index contributed by atoms with van der Waals surface area (Å²) in [4.78, 5) is 28.6. The van der Waals surface area contributed by atoms with Gasteiger partial charge in [-0.25, -0.2) is 9.97 Å². The number of aryl methyl sites for hydroxylation is 1. The second kappa shape index (κ2) is 11.1. The number of carbonyl (C=O) groups excluding carboxylic acids is 1. The molecule has 1 aliphatic rings. The number of benzene rings is 2. The Morgan fingerprint density at radius 2 is 1.83 bits per heavy atom. The van der Waals surface area contributed by atoms with Crippen LogP contribution in [0.15, 0.2) is 85.3 Å². The molecule has 182 valence electrons. The molecule has 0 atom stereocenters. The molecule has 0 bridgehead atoms. The lowest BCUT2D eigenvalue weighted by Crippen LogP contribution is -2.44. The van der Waals surface area contributed by atoms with Crippen LogP contribution in [0.25, 0.3) is 11.3 Å². The molecule has 0 spiro atoms. The van der Waals surface area contributed by atoms with Crippen LogP contribution in [0.3, 0.4) is 0 Å². The highest BCUT2D eigenvalue weighted by Crippen LogP contribution is 2.23. The number of aromatic nitrogens is 3. The second-order valence-corrected chi connectivity index (χ2v) is 9.17. The van der Waals surface area contributed by atoms with E-state index < -0.39 is 0 Å². The SMILES string of the molecule is Cc1ccc(C(=O)NC2CCN(Cc3ccccc3)CC2)cc1Nc1nccc(-c2cccnc2)n1. The van der Waals surface area contributed by atoms with Gasteiger partial charge in [0.2, 0.25) is 5.95 Å². The zero-order chi connectivity index (χ0) is 24.7. The average Bonchev–Trinajstić information content (AvgIpc) is 2.92. The fraction of sp³-hybridized carbons (Fsp3) is 0.241. The van der Waals surface area contributed by atoms with Crippen molar-refractivity contribution in [2.45, 2.75) is 32.4 Å². The topological polar surface area (TPSA) is 83.0 Å². The van der Waals surface area contributed by atoms with Gasteiger partial charge in [0.05, 0.1) is 5.69 Å². The maximum Gasteiger partial charge on any atom is 0.251 e. The van der Waals surface area contributed by atoms with Crippen molar-refractivity contribution in [1.29, 1.82) is 0 Å². The minimum atomic E-state index is -0.0513. The Morgan fingerprint density at radius 1 is 1.00 bits per heavy atom. The summed E-state index contributed by atoms with van der Waals surface area (Å²) < 4.78 is 0. The van der Waals surface area contributed by atoms with E-state index in [0.29, 0.717) is 11.5 Å². The summed E-state index contributed by atoms with van der Waals surface area (Å²) in [6.45, 7) is 4.91. The number of nitrogens with zero attached hydrogens (tertiary/aromatic N) is 4. The fourth-order valence-electron chi connectivity index (χ4n) is 4.46. The molecule has 2 aromatic carbocycles. The Hall–Kier alpha value is -4.10. The third kappa shape index (κ3) is 5.93. The molecular formula is C29H30N6O. The molecule has 7 nitrogen and oxygen atoms in total. The summed E-state index contributed by atoms with van der Waals surface area (Å²) in [5, 5.41) is 6.51. The van der Waals surface area contributed by atoms with Crippen LogP contribution in [0.5, 0.6) is 0 Å². The highest BCUT2D eigenvalue weighted by molar-refractivity contribution is 5.95. The van der Waals surface area contributed by atoms with Crippen molar-refractivity contribution in [1.82, 2.24) is 25.2 Å². The minimum absolute atomic E-state index is 0.0513. The van der Waals surface area contributed by atoms with Gasteiger partial charge in [-0.1, -0.05) is 36.4 Å². The van der Waals surface area contributed by atoms with Crippen LogP contribution in [-0.4, -0.2) is 44.9 Å². The summed E-state index contributed by atoms with van der Waals surface area (Å²) in [7, 11) is 0. The number of hydrogen-bond acceptors (Lipinski definition) is 6. The third-order valence-corrected chi connectivity index (χ3v) is 6.53. The van der Waals surface area contributed by atoms with Gasteiger partial charge < -0.3 is 10.6 Å². The molecule has 1 saturated heterocycles. The smallest absolute Gasteiger partial charge is 0.251 e. The number of pyridine rings is 1. The van der Waals surface area contributed by atoms with E-state index in [9.17, 15) is 4.79 Å². The summed E-state index contributed by atoms with van der Waals surface area (Å²) in [6, 6.07) is 22.1. The number of nitrogens with one attached hydrogen (secondary N) is 2. The van der Waals surface area contributed by atoms with Crippen molar-refractivity contribution < 1.29 is 4.79 Å². The van der Waals surface area contributed by atoms with Gasteiger partial charge in [-0.3, -0.25) is 14.7 Å². The molecule has 2 aromatic heterocycles. The van der Waals surface area contributed by atoms with Crippen LogP contribution in [0.4, 0.5) is 11.6 Å². The van der Waals surface area contributed by atoms with Crippen LogP contribution >= 0.6 is 0 Å². The Morgan fingerprint density at radius 3 is 2.61 bits per heavy atom. The molecule has 2 N–H and O–H groups in total. The van der Waals surface area contributed by atoms with E-state index in [0.717, 1.165) is 55.0 Å². The van der Waals surface area contributed by atoms with Gasteiger partial charge in [0, 0.05) is 61.1 Å². The van der Waals surface area contributed by atoms with Gasteiger partial charge >= 0.3 is 0 Å². The van der Waals surface area contributed by atoms with Crippen molar-refractivity contribution >= 4 is 17.5 Å². The Labute approximate surface area is 211 Å². The molecule has 3 heterocycles. The molecule has 1 amide bonds. The molecule has 0 unspecified atom stereocenters. The molecule has 0 radical (unpaired) electrons. The number of anilines is 2. The van der Waals surface area contributed by atoms with Crippen molar-refractivity contribution in [3.63, 3.8) is 0 Å². The van der Waals surface area contributed by atoms with Crippen LogP contribution in [-0.2, 0) is 6.54 Å². The fourth-order valence-corrected chi connectivity index (χ4v) is 4.46. The first kappa shape index (κ1) is 23.6.